The lowest BCUT2D eigenvalue weighted by molar-refractivity contribution is 0.0782. The third-order valence-electron chi connectivity index (χ3n) is 4.68. The Kier molecular flexibility index (Phi) is 4.39. The molecule has 2 N–H and O–H groups in total. The van der Waals surface area contributed by atoms with Crippen LogP contribution in [0.15, 0.2) is 6.20 Å². The number of amides is 1. The summed E-state index contributed by atoms with van der Waals surface area (Å²) in [5, 5.41) is 4.25. The van der Waals surface area contributed by atoms with E-state index in [1.807, 2.05) is 25.1 Å². The van der Waals surface area contributed by atoms with E-state index < -0.39 is 0 Å². The zero-order valence-corrected chi connectivity index (χ0v) is 12.9. The minimum Gasteiger partial charge on any atom is -0.338 e. The highest BCUT2D eigenvalue weighted by Gasteiger charge is 2.40. The van der Waals surface area contributed by atoms with E-state index in [9.17, 15) is 4.79 Å². The van der Waals surface area contributed by atoms with Crippen LogP contribution in [0.1, 0.15) is 35.3 Å². The molecule has 2 aliphatic rings. The molecule has 2 fully saturated rings. The first-order chi connectivity index (χ1) is 9.06. The van der Waals surface area contributed by atoms with Crippen molar-refractivity contribution in [1.29, 1.82) is 0 Å². The van der Waals surface area contributed by atoms with E-state index in [0.717, 1.165) is 30.8 Å². The predicted octanol–water partition coefficient (Wildman–Crippen LogP) is 1.35. The minimum atomic E-state index is 0. The summed E-state index contributed by atoms with van der Waals surface area (Å²) in [7, 11) is 1.85. The molecular weight excluding hydrogens is 276 g/mol. The maximum absolute atomic E-state index is 12.6. The third kappa shape index (κ3) is 2.56. The second-order valence-electron chi connectivity index (χ2n) is 6.03. The monoisotopic (exact) mass is 298 g/mol. The molecule has 3 unspecified atom stereocenters. The molecule has 0 spiro atoms. The lowest BCUT2D eigenvalue weighted by Gasteiger charge is -2.29. The van der Waals surface area contributed by atoms with E-state index in [1.54, 1.807) is 4.68 Å². The van der Waals surface area contributed by atoms with Gasteiger partial charge in [-0.3, -0.25) is 9.48 Å². The summed E-state index contributed by atoms with van der Waals surface area (Å²) < 4.78 is 1.71. The fraction of sp³-hybridized carbons (Fsp3) is 0.714. The van der Waals surface area contributed by atoms with Crippen LogP contribution in [0.3, 0.4) is 0 Å². The second kappa shape index (κ2) is 5.74. The van der Waals surface area contributed by atoms with Crippen molar-refractivity contribution >= 4 is 18.3 Å². The van der Waals surface area contributed by atoms with Gasteiger partial charge < -0.3 is 10.6 Å². The van der Waals surface area contributed by atoms with Crippen LogP contribution in [-0.2, 0) is 7.05 Å². The Balaban J connectivity index is 0.00000147. The van der Waals surface area contributed by atoms with Crippen LogP contribution in [0.2, 0.25) is 0 Å². The number of fused-ring (bicyclic) bond motifs is 1. The van der Waals surface area contributed by atoms with Gasteiger partial charge >= 0.3 is 0 Å². The minimum absolute atomic E-state index is 0. The van der Waals surface area contributed by atoms with Gasteiger partial charge in [0.05, 0.1) is 11.3 Å². The van der Waals surface area contributed by atoms with Crippen LogP contribution in [0.25, 0.3) is 0 Å². The second-order valence-corrected chi connectivity index (χ2v) is 6.03. The van der Waals surface area contributed by atoms with Gasteiger partial charge in [-0.15, -0.1) is 12.4 Å². The van der Waals surface area contributed by atoms with Gasteiger partial charge in [0, 0.05) is 32.4 Å². The van der Waals surface area contributed by atoms with Crippen LogP contribution in [-0.4, -0.2) is 39.7 Å². The lowest BCUT2D eigenvalue weighted by Crippen LogP contribution is -2.38. The lowest BCUT2D eigenvalue weighted by atomic mass is 9.78. The summed E-state index contributed by atoms with van der Waals surface area (Å²) in [5.41, 5.74) is 7.74. The summed E-state index contributed by atoms with van der Waals surface area (Å²) in [6.07, 6.45) is 5.35. The molecule has 0 bridgehead atoms. The largest absolute Gasteiger partial charge is 0.338 e. The molecule has 6 heteroatoms. The summed E-state index contributed by atoms with van der Waals surface area (Å²) >= 11 is 0. The maximum Gasteiger partial charge on any atom is 0.257 e. The molecule has 3 rings (SSSR count). The van der Waals surface area contributed by atoms with E-state index in [0.29, 0.717) is 11.8 Å². The molecule has 1 saturated carbocycles. The molecule has 112 valence electrons. The normalized spacial score (nSPS) is 28.9. The zero-order chi connectivity index (χ0) is 13.6. The molecule has 3 atom stereocenters. The number of carbonyl (C=O) groups is 1. The maximum atomic E-state index is 12.6. The van der Waals surface area contributed by atoms with Crippen LogP contribution in [0.4, 0.5) is 0 Å². The van der Waals surface area contributed by atoms with Gasteiger partial charge in [-0.05, 0) is 31.6 Å². The number of rotatable bonds is 1. The quantitative estimate of drug-likeness (QED) is 0.851. The Morgan fingerprint density at radius 3 is 2.75 bits per heavy atom. The zero-order valence-electron chi connectivity index (χ0n) is 12.1. The molecule has 1 aromatic heterocycles. The van der Waals surface area contributed by atoms with E-state index >= 15 is 0 Å². The van der Waals surface area contributed by atoms with E-state index in [4.69, 9.17) is 5.73 Å². The Labute approximate surface area is 125 Å². The SMILES string of the molecule is Cc1nn(C)cc1C(=O)N1CC2CCCC(N)C2C1.Cl. The average Bonchev–Trinajstić information content (AvgIpc) is 2.93. The first-order valence-electron chi connectivity index (χ1n) is 7.11. The van der Waals surface area contributed by atoms with Crippen LogP contribution >= 0.6 is 12.4 Å². The molecule has 1 aliphatic heterocycles. The van der Waals surface area contributed by atoms with Gasteiger partial charge in [0.2, 0.25) is 0 Å². The van der Waals surface area contributed by atoms with Crippen molar-refractivity contribution in [3.05, 3.63) is 17.5 Å². The van der Waals surface area contributed by atoms with Crippen molar-refractivity contribution in [1.82, 2.24) is 14.7 Å². The molecule has 1 saturated heterocycles. The molecule has 2 heterocycles. The smallest absolute Gasteiger partial charge is 0.257 e. The number of likely N-dealkylation sites (tertiary alicyclic amines) is 1. The fourth-order valence-electron chi connectivity index (χ4n) is 3.66. The molecule has 1 aliphatic carbocycles. The Morgan fingerprint density at radius 2 is 2.15 bits per heavy atom. The van der Waals surface area contributed by atoms with Crippen molar-refractivity contribution in [2.45, 2.75) is 32.2 Å². The summed E-state index contributed by atoms with van der Waals surface area (Å²) in [4.78, 5) is 14.5. The number of nitrogens with zero attached hydrogens (tertiary/aromatic N) is 3. The Morgan fingerprint density at radius 1 is 1.40 bits per heavy atom. The number of hydrogen-bond donors (Lipinski definition) is 1. The Hall–Kier alpha value is -1.07. The number of nitrogens with two attached hydrogens (primary N) is 1. The topological polar surface area (TPSA) is 64.2 Å². The van der Waals surface area contributed by atoms with Crippen LogP contribution in [0, 0.1) is 18.8 Å². The van der Waals surface area contributed by atoms with E-state index in [-0.39, 0.29) is 24.4 Å². The molecule has 1 aromatic rings. The van der Waals surface area contributed by atoms with Gasteiger partial charge in [0.1, 0.15) is 0 Å². The van der Waals surface area contributed by atoms with Crippen LogP contribution in [0.5, 0.6) is 0 Å². The fourth-order valence-corrected chi connectivity index (χ4v) is 3.66. The highest BCUT2D eigenvalue weighted by Crippen LogP contribution is 2.36. The highest BCUT2D eigenvalue weighted by molar-refractivity contribution is 5.95. The standard InChI is InChI=1S/C14H22N4O.ClH/c1-9-11(7-17(2)16-9)14(19)18-6-10-4-3-5-13(15)12(10)8-18;/h7,10,12-13H,3-6,8,15H2,1-2H3;1H. The molecular formula is C14H23ClN4O. The summed E-state index contributed by atoms with van der Waals surface area (Å²) in [5.74, 6) is 1.21. The van der Waals surface area contributed by atoms with Gasteiger partial charge in [0.15, 0.2) is 0 Å². The molecule has 5 nitrogen and oxygen atoms in total. The number of aryl methyl sites for hydroxylation is 2. The number of aromatic nitrogens is 2. The molecule has 0 aromatic carbocycles. The van der Waals surface area contributed by atoms with Gasteiger partial charge in [0.25, 0.3) is 5.91 Å². The number of halogens is 1. The first-order valence-corrected chi connectivity index (χ1v) is 7.11. The van der Waals surface area contributed by atoms with Crippen molar-refractivity contribution in [3.8, 4) is 0 Å². The Bertz CT molecular complexity index is 501. The van der Waals surface area contributed by atoms with Crippen molar-refractivity contribution in [3.63, 3.8) is 0 Å². The molecule has 0 radical (unpaired) electrons. The summed E-state index contributed by atoms with van der Waals surface area (Å²) in [6, 6.07) is 0.270. The molecule has 1 amide bonds. The third-order valence-corrected chi connectivity index (χ3v) is 4.68. The van der Waals surface area contributed by atoms with E-state index in [1.165, 1.54) is 12.8 Å². The van der Waals surface area contributed by atoms with Crippen molar-refractivity contribution < 1.29 is 4.79 Å². The highest BCUT2D eigenvalue weighted by atomic mass is 35.5. The van der Waals surface area contributed by atoms with Crippen molar-refractivity contribution in [2.75, 3.05) is 13.1 Å². The molecule has 20 heavy (non-hydrogen) atoms. The van der Waals surface area contributed by atoms with E-state index in [2.05, 4.69) is 5.10 Å². The van der Waals surface area contributed by atoms with Crippen molar-refractivity contribution in [2.24, 2.45) is 24.6 Å². The predicted molar refractivity (Wildman–Crippen MR) is 79.9 cm³/mol. The summed E-state index contributed by atoms with van der Waals surface area (Å²) in [6.45, 7) is 3.58. The van der Waals surface area contributed by atoms with Gasteiger partial charge in [-0.1, -0.05) is 6.42 Å². The first kappa shape index (κ1) is 15.3. The van der Waals surface area contributed by atoms with Gasteiger partial charge in [-0.25, -0.2) is 0 Å². The number of carbonyl (C=O) groups excluding carboxylic acids is 1. The van der Waals surface area contributed by atoms with Crippen LogP contribution < -0.4 is 5.73 Å². The van der Waals surface area contributed by atoms with Gasteiger partial charge in [-0.2, -0.15) is 5.10 Å². The number of hydrogen-bond acceptors (Lipinski definition) is 3. The average molecular weight is 299 g/mol.